The zero-order chi connectivity index (χ0) is 9.80. The number of hydrogen-bond donors (Lipinski definition) is 1. The molecule has 0 saturated heterocycles. The monoisotopic (exact) mass is 206 g/mol. The van der Waals surface area contributed by atoms with Crippen LogP contribution in [0, 0.1) is 0 Å². The van der Waals surface area contributed by atoms with Crippen LogP contribution in [0.15, 0.2) is 57.1 Å². The van der Waals surface area contributed by atoms with Crippen LogP contribution < -0.4 is 0 Å². The van der Waals surface area contributed by atoms with E-state index in [4.69, 9.17) is 9.52 Å². The van der Waals surface area contributed by atoms with Crippen LogP contribution in [-0.4, -0.2) is 5.11 Å². The fourth-order valence-electron chi connectivity index (χ4n) is 1.09. The van der Waals surface area contributed by atoms with E-state index in [2.05, 4.69) is 0 Å². The number of rotatable bonds is 3. The van der Waals surface area contributed by atoms with Crippen LogP contribution in [-0.2, 0) is 6.61 Å². The Morgan fingerprint density at radius 3 is 2.64 bits per heavy atom. The minimum atomic E-state index is 0.0266. The van der Waals surface area contributed by atoms with Crippen molar-refractivity contribution in [1.82, 2.24) is 0 Å². The molecule has 0 aliphatic carbocycles. The highest BCUT2D eigenvalue weighted by Crippen LogP contribution is 2.28. The third-order valence-corrected chi connectivity index (χ3v) is 2.70. The van der Waals surface area contributed by atoms with E-state index in [1.165, 1.54) is 0 Å². The van der Waals surface area contributed by atoms with Gasteiger partial charge >= 0.3 is 0 Å². The molecular weight excluding hydrogens is 196 g/mol. The normalized spacial score (nSPS) is 10.4. The van der Waals surface area contributed by atoms with Crippen LogP contribution in [0.2, 0.25) is 0 Å². The molecule has 0 atom stereocenters. The molecule has 1 aromatic carbocycles. The number of aliphatic hydroxyl groups is 1. The summed E-state index contributed by atoms with van der Waals surface area (Å²) in [5.74, 6) is 0. The van der Waals surface area contributed by atoms with Gasteiger partial charge in [-0.3, -0.25) is 0 Å². The molecule has 0 saturated carbocycles. The van der Waals surface area contributed by atoms with E-state index in [9.17, 15) is 0 Å². The SMILES string of the molecule is OCc1coc(Sc2ccccc2)c1. The molecule has 0 fully saturated rings. The van der Waals surface area contributed by atoms with Crippen LogP contribution in [0.5, 0.6) is 0 Å². The summed E-state index contributed by atoms with van der Waals surface area (Å²) in [6, 6.07) is 11.8. The molecule has 0 spiro atoms. The lowest BCUT2D eigenvalue weighted by Gasteiger charge is -1.95. The Hall–Kier alpha value is -1.19. The summed E-state index contributed by atoms with van der Waals surface area (Å²) in [6.07, 6.45) is 1.57. The molecular formula is C11H10O2S. The summed E-state index contributed by atoms with van der Waals surface area (Å²) in [7, 11) is 0. The van der Waals surface area contributed by atoms with Gasteiger partial charge in [-0.2, -0.15) is 0 Å². The Balaban J connectivity index is 2.11. The van der Waals surface area contributed by atoms with Crippen molar-refractivity contribution in [1.29, 1.82) is 0 Å². The average Bonchev–Trinajstić information content (AvgIpc) is 2.67. The van der Waals surface area contributed by atoms with Gasteiger partial charge in [0.25, 0.3) is 0 Å². The van der Waals surface area contributed by atoms with Crippen molar-refractivity contribution in [3.63, 3.8) is 0 Å². The molecule has 2 aromatic rings. The maximum Gasteiger partial charge on any atom is 0.165 e. The predicted molar refractivity (Wildman–Crippen MR) is 55.2 cm³/mol. The molecule has 1 N–H and O–H groups in total. The highest BCUT2D eigenvalue weighted by atomic mass is 32.2. The van der Waals surface area contributed by atoms with Crippen LogP contribution >= 0.6 is 11.8 Å². The zero-order valence-corrected chi connectivity index (χ0v) is 8.33. The molecule has 0 unspecified atom stereocenters. The first-order valence-electron chi connectivity index (χ1n) is 4.29. The number of aliphatic hydroxyl groups excluding tert-OH is 1. The topological polar surface area (TPSA) is 33.4 Å². The van der Waals surface area contributed by atoms with Crippen molar-refractivity contribution in [3.05, 3.63) is 48.2 Å². The Bertz CT molecular complexity index is 395. The van der Waals surface area contributed by atoms with Crippen LogP contribution in [0.3, 0.4) is 0 Å². The third kappa shape index (κ3) is 2.19. The van der Waals surface area contributed by atoms with E-state index < -0.39 is 0 Å². The zero-order valence-electron chi connectivity index (χ0n) is 7.51. The Labute approximate surface area is 86.6 Å². The van der Waals surface area contributed by atoms with Gasteiger partial charge in [0, 0.05) is 10.5 Å². The molecule has 1 heterocycles. The average molecular weight is 206 g/mol. The second-order valence-corrected chi connectivity index (χ2v) is 3.93. The minimum Gasteiger partial charge on any atom is -0.457 e. The van der Waals surface area contributed by atoms with Crippen molar-refractivity contribution in [2.75, 3.05) is 0 Å². The van der Waals surface area contributed by atoms with Gasteiger partial charge in [-0.05, 0) is 18.2 Å². The fraction of sp³-hybridized carbons (Fsp3) is 0.0909. The standard InChI is InChI=1S/C11H10O2S/c12-7-9-6-11(13-8-9)14-10-4-2-1-3-5-10/h1-6,8,12H,7H2. The molecule has 0 bridgehead atoms. The lowest BCUT2D eigenvalue weighted by molar-refractivity contribution is 0.280. The highest BCUT2D eigenvalue weighted by molar-refractivity contribution is 7.99. The quantitative estimate of drug-likeness (QED) is 0.838. The third-order valence-electron chi connectivity index (χ3n) is 1.77. The Morgan fingerprint density at radius 1 is 1.21 bits per heavy atom. The van der Waals surface area contributed by atoms with Gasteiger partial charge in [-0.25, -0.2) is 0 Å². The molecule has 2 nitrogen and oxygen atoms in total. The molecule has 14 heavy (non-hydrogen) atoms. The summed E-state index contributed by atoms with van der Waals surface area (Å²) >= 11 is 1.55. The molecule has 0 aliphatic heterocycles. The van der Waals surface area contributed by atoms with E-state index in [1.807, 2.05) is 36.4 Å². The van der Waals surface area contributed by atoms with Crippen molar-refractivity contribution >= 4 is 11.8 Å². The van der Waals surface area contributed by atoms with Crippen molar-refractivity contribution < 1.29 is 9.52 Å². The van der Waals surface area contributed by atoms with Crippen molar-refractivity contribution in [2.45, 2.75) is 16.6 Å². The first kappa shape index (κ1) is 9.37. The molecule has 1 aromatic heterocycles. The second-order valence-electron chi connectivity index (χ2n) is 2.85. The van der Waals surface area contributed by atoms with Gasteiger partial charge in [0.2, 0.25) is 0 Å². The summed E-state index contributed by atoms with van der Waals surface area (Å²) < 4.78 is 5.26. The molecule has 0 aliphatic rings. The van der Waals surface area contributed by atoms with E-state index in [1.54, 1.807) is 18.0 Å². The van der Waals surface area contributed by atoms with E-state index >= 15 is 0 Å². The first-order valence-corrected chi connectivity index (χ1v) is 5.11. The summed E-state index contributed by atoms with van der Waals surface area (Å²) in [5, 5.41) is 9.65. The lowest BCUT2D eigenvalue weighted by atomic mass is 10.4. The van der Waals surface area contributed by atoms with E-state index in [-0.39, 0.29) is 6.61 Å². The van der Waals surface area contributed by atoms with Gasteiger partial charge < -0.3 is 9.52 Å². The Kier molecular flexibility index (Phi) is 2.91. The minimum absolute atomic E-state index is 0.0266. The lowest BCUT2D eigenvalue weighted by Crippen LogP contribution is -1.73. The summed E-state index contributed by atoms with van der Waals surface area (Å²) in [4.78, 5) is 1.13. The van der Waals surface area contributed by atoms with Gasteiger partial charge in [-0.1, -0.05) is 30.0 Å². The van der Waals surface area contributed by atoms with Crippen LogP contribution in [0.25, 0.3) is 0 Å². The molecule has 3 heteroatoms. The Morgan fingerprint density at radius 2 is 2.00 bits per heavy atom. The van der Waals surface area contributed by atoms with Gasteiger partial charge in [-0.15, -0.1) is 0 Å². The molecule has 72 valence electrons. The molecule has 0 amide bonds. The predicted octanol–water partition coefficient (Wildman–Crippen LogP) is 2.92. The van der Waals surface area contributed by atoms with Gasteiger partial charge in [0.15, 0.2) is 5.09 Å². The summed E-state index contributed by atoms with van der Waals surface area (Å²) in [6.45, 7) is 0.0266. The van der Waals surface area contributed by atoms with Crippen molar-refractivity contribution in [3.8, 4) is 0 Å². The van der Waals surface area contributed by atoms with Gasteiger partial charge in [0.1, 0.15) is 0 Å². The number of furan rings is 1. The highest BCUT2D eigenvalue weighted by Gasteiger charge is 2.02. The van der Waals surface area contributed by atoms with Gasteiger partial charge in [0.05, 0.1) is 12.9 Å². The number of benzene rings is 1. The summed E-state index contributed by atoms with van der Waals surface area (Å²) in [5.41, 5.74) is 0.809. The fourth-order valence-corrected chi connectivity index (χ4v) is 1.93. The van der Waals surface area contributed by atoms with E-state index in [0.29, 0.717) is 0 Å². The second kappa shape index (κ2) is 4.35. The molecule has 2 rings (SSSR count). The first-order chi connectivity index (χ1) is 6.88. The van der Waals surface area contributed by atoms with Crippen LogP contribution in [0.1, 0.15) is 5.56 Å². The molecule has 0 radical (unpaired) electrons. The smallest absolute Gasteiger partial charge is 0.165 e. The maximum atomic E-state index is 8.85. The maximum absolute atomic E-state index is 8.85. The van der Waals surface area contributed by atoms with E-state index in [0.717, 1.165) is 15.6 Å². The number of hydrogen-bond acceptors (Lipinski definition) is 3. The largest absolute Gasteiger partial charge is 0.457 e. The van der Waals surface area contributed by atoms with Crippen molar-refractivity contribution in [2.24, 2.45) is 0 Å². The van der Waals surface area contributed by atoms with Crippen LogP contribution in [0.4, 0.5) is 0 Å².